The molecule has 154 valence electrons. The molecule has 0 aliphatic carbocycles. The van der Waals surface area contributed by atoms with Crippen LogP contribution in [0.1, 0.15) is 25.6 Å². The Bertz CT molecular complexity index is 1410. The van der Waals surface area contributed by atoms with Gasteiger partial charge in [0, 0.05) is 28.6 Å². The lowest BCUT2D eigenvalue weighted by molar-refractivity contribution is -0.115. The second kappa shape index (κ2) is 7.56. The van der Waals surface area contributed by atoms with Crippen LogP contribution in [-0.4, -0.2) is 25.2 Å². The number of aryl methyl sites for hydroxylation is 1. The molecule has 0 saturated heterocycles. The van der Waals surface area contributed by atoms with Crippen molar-refractivity contribution in [2.75, 3.05) is 5.32 Å². The molecule has 9 heteroatoms. The number of hydrogen-bond acceptors (Lipinski definition) is 4. The van der Waals surface area contributed by atoms with Crippen LogP contribution in [0.3, 0.4) is 0 Å². The number of halogens is 1. The topological polar surface area (TPSA) is 102 Å². The van der Waals surface area contributed by atoms with Gasteiger partial charge in [0.2, 0.25) is 11.3 Å². The number of fused-ring (bicyclic) bond motifs is 2. The van der Waals surface area contributed by atoms with E-state index in [2.05, 4.69) is 31.3 Å². The fraction of sp³-hybridized carbons (Fsp3) is 0.238. The Morgan fingerprint density at radius 1 is 1.17 bits per heavy atom. The maximum Gasteiger partial charge on any atom is 0.326 e. The number of aromatic amines is 1. The summed E-state index contributed by atoms with van der Waals surface area (Å²) in [6.45, 7) is 3.94. The van der Waals surface area contributed by atoms with Crippen molar-refractivity contribution in [3.05, 3.63) is 67.3 Å². The molecular weight excluding hydrogens is 450 g/mol. The molecular formula is C21H20BrN5O3. The smallest absolute Gasteiger partial charge is 0.326 e. The SMILES string of the molecule is CC(C)n1nc(CC(=O)Nc2ccc3c(c2)[nH]c(=O)n3C)c(=O)c2ccc(Br)cc21. The molecule has 0 fully saturated rings. The minimum Gasteiger partial charge on any atom is -0.326 e. The molecule has 1 amide bonds. The van der Waals surface area contributed by atoms with Crippen LogP contribution in [0, 0.1) is 0 Å². The first-order valence-corrected chi connectivity index (χ1v) is 10.2. The van der Waals surface area contributed by atoms with E-state index in [9.17, 15) is 14.4 Å². The highest BCUT2D eigenvalue weighted by Crippen LogP contribution is 2.20. The summed E-state index contributed by atoms with van der Waals surface area (Å²) in [7, 11) is 1.67. The Kier molecular flexibility index (Phi) is 5.07. The summed E-state index contributed by atoms with van der Waals surface area (Å²) in [5.74, 6) is -0.357. The molecule has 30 heavy (non-hydrogen) atoms. The van der Waals surface area contributed by atoms with E-state index < -0.39 is 0 Å². The van der Waals surface area contributed by atoms with Crippen molar-refractivity contribution >= 4 is 49.5 Å². The second-order valence-corrected chi connectivity index (χ2v) is 8.34. The molecule has 0 saturated carbocycles. The molecule has 0 bridgehead atoms. The molecule has 0 aliphatic rings. The Morgan fingerprint density at radius 3 is 2.67 bits per heavy atom. The maximum absolute atomic E-state index is 12.9. The molecule has 0 radical (unpaired) electrons. The van der Waals surface area contributed by atoms with Gasteiger partial charge in [0.25, 0.3) is 0 Å². The molecule has 2 aromatic carbocycles. The number of benzene rings is 2. The Hall–Kier alpha value is -3.20. The lowest BCUT2D eigenvalue weighted by Crippen LogP contribution is -2.25. The summed E-state index contributed by atoms with van der Waals surface area (Å²) >= 11 is 3.43. The Balaban J connectivity index is 1.66. The quantitative estimate of drug-likeness (QED) is 0.479. The highest BCUT2D eigenvalue weighted by Gasteiger charge is 2.16. The highest BCUT2D eigenvalue weighted by atomic mass is 79.9. The summed E-state index contributed by atoms with van der Waals surface area (Å²) in [5, 5.41) is 7.76. The van der Waals surface area contributed by atoms with Crippen molar-refractivity contribution in [2.45, 2.75) is 26.3 Å². The zero-order chi connectivity index (χ0) is 21.6. The monoisotopic (exact) mass is 469 g/mol. The number of rotatable bonds is 4. The molecule has 0 spiro atoms. The van der Waals surface area contributed by atoms with Crippen molar-refractivity contribution in [1.29, 1.82) is 0 Å². The largest absolute Gasteiger partial charge is 0.326 e. The third-order valence-electron chi connectivity index (χ3n) is 4.95. The fourth-order valence-electron chi connectivity index (χ4n) is 3.45. The molecule has 0 aliphatic heterocycles. The van der Waals surface area contributed by atoms with Gasteiger partial charge in [-0.15, -0.1) is 0 Å². The van der Waals surface area contributed by atoms with Gasteiger partial charge in [0.05, 0.1) is 23.0 Å². The van der Waals surface area contributed by atoms with E-state index in [0.29, 0.717) is 22.1 Å². The van der Waals surface area contributed by atoms with Crippen LogP contribution in [-0.2, 0) is 18.3 Å². The molecule has 8 nitrogen and oxygen atoms in total. The first-order valence-electron chi connectivity index (χ1n) is 9.44. The number of imidazole rings is 1. The molecule has 4 aromatic rings. The van der Waals surface area contributed by atoms with Crippen LogP contribution < -0.4 is 16.4 Å². The minimum absolute atomic E-state index is 0.0153. The molecule has 0 atom stereocenters. The first-order chi connectivity index (χ1) is 14.2. The van der Waals surface area contributed by atoms with Crippen molar-refractivity contribution < 1.29 is 4.79 Å². The lowest BCUT2D eigenvalue weighted by Gasteiger charge is -2.15. The summed E-state index contributed by atoms with van der Waals surface area (Å²) in [6.07, 6.45) is -0.152. The molecule has 2 heterocycles. The molecule has 4 rings (SSSR count). The fourth-order valence-corrected chi connectivity index (χ4v) is 3.80. The Labute approximate surface area is 179 Å². The number of H-pyrrole nitrogens is 1. The first kappa shape index (κ1) is 20.1. The van der Waals surface area contributed by atoms with Gasteiger partial charge in [-0.2, -0.15) is 5.10 Å². The Morgan fingerprint density at radius 2 is 1.93 bits per heavy atom. The van der Waals surface area contributed by atoms with Crippen molar-refractivity contribution in [3.8, 4) is 0 Å². The number of carbonyl (C=O) groups is 1. The number of nitrogens with zero attached hydrogens (tertiary/aromatic N) is 3. The van der Waals surface area contributed by atoms with E-state index in [1.807, 2.05) is 19.9 Å². The van der Waals surface area contributed by atoms with E-state index in [0.717, 1.165) is 9.99 Å². The maximum atomic E-state index is 12.9. The van der Waals surface area contributed by atoms with Gasteiger partial charge < -0.3 is 10.3 Å². The molecule has 0 unspecified atom stereocenters. The van der Waals surface area contributed by atoms with Crippen LogP contribution in [0.4, 0.5) is 5.69 Å². The van der Waals surface area contributed by atoms with Crippen LogP contribution >= 0.6 is 15.9 Å². The number of aromatic nitrogens is 4. The van der Waals surface area contributed by atoms with Crippen molar-refractivity contribution in [3.63, 3.8) is 0 Å². The van der Waals surface area contributed by atoms with Gasteiger partial charge in [-0.05, 0) is 50.2 Å². The number of nitrogens with one attached hydrogen (secondary N) is 2. The number of hydrogen-bond donors (Lipinski definition) is 2. The van der Waals surface area contributed by atoms with E-state index in [-0.39, 0.29) is 35.2 Å². The zero-order valence-corrected chi connectivity index (χ0v) is 18.3. The van der Waals surface area contributed by atoms with Gasteiger partial charge in [-0.3, -0.25) is 18.8 Å². The standard InChI is InChI=1S/C21H20BrN5O3/c1-11(2)27-18-8-12(22)4-6-14(18)20(29)16(25-27)10-19(28)23-13-5-7-17-15(9-13)24-21(30)26(17)3/h4-9,11H,10H2,1-3H3,(H,23,28)(H,24,30). The third-order valence-corrected chi connectivity index (χ3v) is 5.44. The van der Waals surface area contributed by atoms with Crippen LogP contribution in [0.5, 0.6) is 0 Å². The molecule has 2 N–H and O–H groups in total. The van der Waals surface area contributed by atoms with Crippen LogP contribution in [0.25, 0.3) is 21.9 Å². The highest BCUT2D eigenvalue weighted by molar-refractivity contribution is 9.10. The summed E-state index contributed by atoms with van der Waals surface area (Å²) < 4.78 is 4.10. The van der Waals surface area contributed by atoms with E-state index >= 15 is 0 Å². The summed E-state index contributed by atoms with van der Waals surface area (Å²) in [6, 6.07) is 10.6. The summed E-state index contributed by atoms with van der Waals surface area (Å²) in [4.78, 5) is 40.0. The normalized spacial score (nSPS) is 11.5. The van der Waals surface area contributed by atoms with Gasteiger partial charge in [-0.1, -0.05) is 15.9 Å². The average molecular weight is 470 g/mol. The van der Waals surface area contributed by atoms with E-state index in [1.165, 1.54) is 4.57 Å². The number of carbonyl (C=O) groups excluding carboxylic acids is 1. The lowest BCUT2D eigenvalue weighted by atomic mass is 10.1. The summed E-state index contributed by atoms with van der Waals surface area (Å²) in [5.41, 5.74) is 2.31. The van der Waals surface area contributed by atoms with Crippen LogP contribution in [0.2, 0.25) is 0 Å². The van der Waals surface area contributed by atoms with E-state index in [4.69, 9.17) is 0 Å². The third kappa shape index (κ3) is 3.56. The van der Waals surface area contributed by atoms with Crippen molar-refractivity contribution in [2.24, 2.45) is 7.05 Å². The predicted molar refractivity (Wildman–Crippen MR) is 120 cm³/mol. The zero-order valence-electron chi connectivity index (χ0n) is 16.7. The van der Waals surface area contributed by atoms with Crippen LogP contribution in [0.15, 0.2) is 50.5 Å². The average Bonchev–Trinajstić information content (AvgIpc) is 2.97. The van der Waals surface area contributed by atoms with Gasteiger partial charge in [0.1, 0.15) is 5.69 Å². The predicted octanol–water partition coefficient (Wildman–Crippen LogP) is 3.10. The van der Waals surface area contributed by atoms with Gasteiger partial charge >= 0.3 is 5.69 Å². The van der Waals surface area contributed by atoms with E-state index in [1.54, 1.807) is 42.1 Å². The molecule has 2 aromatic heterocycles. The number of amides is 1. The van der Waals surface area contributed by atoms with Crippen molar-refractivity contribution in [1.82, 2.24) is 19.3 Å². The number of anilines is 1. The second-order valence-electron chi connectivity index (χ2n) is 7.42. The van der Waals surface area contributed by atoms with Gasteiger partial charge in [0.15, 0.2) is 0 Å². The van der Waals surface area contributed by atoms with Gasteiger partial charge in [-0.25, -0.2) is 4.79 Å². The minimum atomic E-state index is -0.357.